The van der Waals surface area contributed by atoms with Crippen LogP contribution in [0.15, 0.2) is 64.4 Å². The Balaban J connectivity index is 1.53. The second kappa shape index (κ2) is 9.17. The van der Waals surface area contributed by atoms with Crippen molar-refractivity contribution in [1.82, 2.24) is 9.03 Å². The van der Waals surface area contributed by atoms with Crippen molar-refractivity contribution in [2.75, 3.05) is 19.6 Å². The number of benzene rings is 2. The molecule has 0 unspecified atom stereocenters. The molecule has 6 nitrogen and oxygen atoms in total. The third-order valence-electron chi connectivity index (χ3n) is 4.86. The molecule has 0 spiro atoms. The molecule has 0 amide bonds. The molecule has 28 heavy (non-hydrogen) atoms. The van der Waals surface area contributed by atoms with Crippen molar-refractivity contribution < 1.29 is 16.8 Å². The Bertz CT molecular complexity index is 967. The van der Waals surface area contributed by atoms with Crippen molar-refractivity contribution in [3.05, 3.63) is 60.2 Å². The first-order chi connectivity index (χ1) is 13.4. The van der Waals surface area contributed by atoms with Crippen molar-refractivity contribution in [3.63, 3.8) is 0 Å². The van der Waals surface area contributed by atoms with E-state index in [0.29, 0.717) is 19.6 Å². The summed E-state index contributed by atoms with van der Waals surface area (Å²) in [6.07, 6.45) is 4.25. The number of hydrogen-bond acceptors (Lipinski definition) is 4. The van der Waals surface area contributed by atoms with E-state index in [0.717, 1.165) is 32.1 Å². The lowest BCUT2D eigenvalue weighted by molar-refractivity contribution is 0.477. The summed E-state index contributed by atoms with van der Waals surface area (Å²) in [4.78, 5) is 0.215. The minimum absolute atomic E-state index is 0.0796. The number of hydrogen-bond donors (Lipinski definition) is 1. The number of aryl methyl sites for hydroxylation is 1. The van der Waals surface area contributed by atoms with E-state index in [9.17, 15) is 16.8 Å². The number of nitrogens with one attached hydrogen (secondary N) is 1. The van der Waals surface area contributed by atoms with E-state index < -0.39 is 20.0 Å². The van der Waals surface area contributed by atoms with Crippen LogP contribution in [0, 0.1) is 0 Å². The third-order valence-corrected chi connectivity index (χ3v) is 8.25. The highest BCUT2D eigenvalue weighted by molar-refractivity contribution is 7.89. The molecular formula is C20H26N2O4S2. The van der Waals surface area contributed by atoms with Gasteiger partial charge < -0.3 is 0 Å². The van der Waals surface area contributed by atoms with Crippen LogP contribution in [-0.4, -0.2) is 40.8 Å². The van der Waals surface area contributed by atoms with E-state index in [2.05, 4.69) is 16.9 Å². The van der Waals surface area contributed by atoms with Crippen LogP contribution in [0.4, 0.5) is 0 Å². The van der Waals surface area contributed by atoms with Crippen molar-refractivity contribution in [2.45, 2.75) is 41.9 Å². The fraction of sp³-hybridized carbons (Fsp3) is 0.400. The largest absolute Gasteiger partial charge is 0.243 e. The van der Waals surface area contributed by atoms with E-state index in [1.165, 1.54) is 34.1 Å². The predicted molar refractivity (Wildman–Crippen MR) is 109 cm³/mol. The van der Waals surface area contributed by atoms with Crippen LogP contribution in [0.3, 0.4) is 0 Å². The Labute approximate surface area is 167 Å². The maximum absolute atomic E-state index is 12.5. The number of rotatable bonds is 9. The molecule has 1 aliphatic heterocycles. The molecule has 1 saturated heterocycles. The van der Waals surface area contributed by atoms with Crippen LogP contribution in [0.1, 0.15) is 31.2 Å². The van der Waals surface area contributed by atoms with Gasteiger partial charge in [0.1, 0.15) is 0 Å². The minimum atomic E-state index is -3.65. The van der Waals surface area contributed by atoms with Crippen LogP contribution in [-0.2, 0) is 26.5 Å². The normalized spacial score (nSPS) is 15.7. The molecule has 2 aromatic rings. The lowest BCUT2D eigenvalue weighted by atomic mass is 10.1. The van der Waals surface area contributed by atoms with E-state index in [4.69, 9.17) is 0 Å². The van der Waals surface area contributed by atoms with Crippen LogP contribution in [0.2, 0.25) is 0 Å². The summed E-state index contributed by atoms with van der Waals surface area (Å²) in [5.74, 6) is 0. The highest BCUT2D eigenvalue weighted by Gasteiger charge is 2.27. The Kier molecular flexibility index (Phi) is 6.87. The van der Waals surface area contributed by atoms with Gasteiger partial charge in [-0.3, -0.25) is 0 Å². The van der Waals surface area contributed by atoms with Gasteiger partial charge in [0.25, 0.3) is 0 Å². The Morgan fingerprint density at radius 2 is 1.39 bits per heavy atom. The SMILES string of the molecule is O=S(=O)(NCCCCc1ccccc1)c1ccc(S(=O)(=O)N2CCCC2)cc1. The summed E-state index contributed by atoms with van der Waals surface area (Å²) in [6, 6.07) is 15.5. The standard InChI is InChI=1S/C20H26N2O4S2/c23-27(24,21-15-5-4-10-18-8-2-1-3-9-18)19-11-13-20(14-12-19)28(25,26)22-16-6-7-17-22/h1-3,8-9,11-14,21H,4-7,10,15-17H2. The smallest absolute Gasteiger partial charge is 0.211 e. The van der Waals surface area contributed by atoms with Crippen molar-refractivity contribution in [1.29, 1.82) is 0 Å². The summed E-state index contributed by atoms with van der Waals surface area (Å²) < 4.78 is 53.9. The molecule has 0 aromatic heterocycles. The van der Waals surface area contributed by atoms with E-state index in [1.54, 1.807) is 0 Å². The van der Waals surface area contributed by atoms with Gasteiger partial charge in [-0.2, -0.15) is 4.31 Å². The van der Waals surface area contributed by atoms with Gasteiger partial charge in [-0.1, -0.05) is 30.3 Å². The number of nitrogens with zero attached hydrogens (tertiary/aromatic N) is 1. The Morgan fingerprint density at radius 3 is 2.04 bits per heavy atom. The van der Waals surface area contributed by atoms with Gasteiger partial charge in [0.15, 0.2) is 0 Å². The van der Waals surface area contributed by atoms with Crippen LogP contribution < -0.4 is 4.72 Å². The fourth-order valence-electron chi connectivity index (χ4n) is 3.26. The fourth-order valence-corrected chi connectivity index (χ4v) is 5.85. The summed E-state index contributed by atoms with van der Waals surface area (Å²) in [7, 11) is -7.18. The molecule has 0 aliphatic carbocycles. The van der Waals surface area contributed by atoms with Gasteiger partial charge in [-0.15, -0.1) is 0 Å². The Hall–Kier alpha value is -1.74. The first kappa shape index (κ1) is 21.0. The van der Waals surface area contributed by atoms with E-state index in [1.807, 2.05) is 18.2 Å². The molecule has 1 N–H and O–H groups in total. The first-order valence-electron chi connectivity index (χ1n) is 9.53. The van der Waals surface area contributed by atoms with Gasteiger partial charge >= 0.3 is 0 Å². The molecule has 2 aromatic carbocycles. The first-order valence-corrected chi connectivity index (χ1v) is 12.5. The van der Waals surface area contributed by atoms with Gasteiger partial charge in [-0.05, 0) is 61.9 Å². The monoisotopic (exact) mass is 422 g/mol. The predicted octanol–water partition coefficient (Wildman–Crippen LogP) is 2.77. The zero-order valence-electron chi connectivity index (χ0n) is 15.7. The zero-order chi connectivity index (χ0) is 20.0. The average molecular weight is 423 g/mol. The van der Waals surface area contributed by atoms with E-state index in [-0.39, 0.29) is 9.79 Å². The highest BCUT2D eigenvalue weighted by Crippen LogP contribution is 2.22. The number of unbranched alkanes of at least 4 members (excludes halogenated alkanes) is 1. The second-order valence-electron chi connectivity index (χ2n) is 6.92. The molecular weight excluding hydrogens is 396 g/mol. The molecule has 0 saturated carbocycles. The lowest BCUT2D eigenvalue weighted by Gasteiger charge is -2.15. The maximum Gasteiger partial charge on any atom is 0.243 e. The highest BCUT2D eigenvalue weighted by atomic mass is 32.2. The summed E-state index contributed by atoms with van der Waals surface area (Å²) in [5, 5.41) is 0. The number of sulfonamides is 2. The molecule has 0 atom stereocenters. The molecule has 0 radical (unpaired) electrons. The third kappa shape index (κ3) is 5.20. The van der Waals surface area contributed by atoms with Gasteiger partial charge in [0.2, 0.25) is 20.0 Å². The molecule has 0 bridgehead atoms. The molecule has 1 fully saturated rings. The molecule has 1 aliphatic rings. The van der Waals surface area contributed by atoms with Gasteiger partial charge in [-0.25, -0.2) is 21.6 Å². The quantitative estimate of drug-likeness (QED) is 0.630. The van der Waals surface area contributed by atoms with E-state index >= 15 is 0 Å². The molecule has 3 rings (SSSR count). The van der Waals surface area contributed by atoms with Crippen molar-refractivity contribution in [3.8, 4) is 0 Å². The van der Waals surface area contributed by atoms with Gasteiger partial charge in [0.05, 0.1) is 9.79 Å². The second-order valence-corrected chi connectivity index (χ2v) is 10.6. The molecule has 8 heteroatoms. The summed E-state index contributed by atoms with van der Waals surface area (Å²) in [6.45, 7) is 1.39. The van der Waals surface area contributed by atoms with Gasteiger partial charge in [0, 0.05) is 19.6 Å². The average Bonchev–Trinajstić information content (AvgIpc) is 3.24. The van der Waals surface area contributed by atoms with Crippen LogP contribution in [0.25, 0.3) is 0 Å². The lowest BCUT2D eigenvalue weighted by Crippen LogP contribution is -2.28. The minimum Gasteiger partial charge on any atom is -0.211 e. The topological polar surface area (TPSA) is 83.5 Å². The van der Waals surface area contributed by atoms with Crippen molar-refractivity contribution >= 4 is 20.0 Å². The Morgan fingerprint density at radius 1 is 0.786 bits per heavy atom. The molecule has 152 valence electrons. The van der Waals surface area contributed by atoms with Crippen LogP contribution in [0.5, 0.6) is 0 Å². The summed E-state index contributed by atoms with van der Waals surface area (Å²) >= 11 is 0. The van der Waals surface area contributed by atoms with Crippen LogP contribution >= 0.6 is 0 Å². The maximum atomic E-state index is 12.5. The molecule has 1 heterocycles. The van der Waals surface area contributed by atoms with Crippen molar-refractivity contribution in [2.24, 2.45) is 0 Å². The zero-order valence-corrected chi connectivity index (χ0v) is 17.4. The summed E-state index contributed by atoms with van der Waals surface area (Å²) in [5.41, 5.74) is 1.24.